The van der Waals surface area contributed by atoms with Crippen LogP contribution >= 0.6 is 23.2 Å². The number of sulfone groups is 1. The smallest absolute Gasteiger partial charge is 0.325 e. The number of hydrogen-bond acceptors (Lipinski definition) is 6. The number of fused-ring (bicyclic) bond motifs is 1. The van der Waals surface area contributed by atoms with Crippen molar-refractivity contribution in [3.05, 3.63) is 70.0 Å². The number of carbonyl (C=O) groups is 1. The molecule has 2 aromatic carbocycles. The zero-order valence-electron chi connectivity index (χ0n) is 17.4. The molecule has 1 aromatic heterocycles. The summed E-state index contributed by atoms with van der Waals surface area (Å²) in [6.07, 6.45) is 3.85. The first-order chi connectivity index (χ1) is 15.7. The van der Waals surface area contributed by atoms with Gasteiger partial charge in [0.15, 0.2) is 9.84 Å². The molecule has 4 rings (SSSR count). The predicted molar refractivity (Wildman–Crippen MR) is 124 cm³/mol. The molecule has 2 N–H and O–H groups in total. The van der Waals surface area contributed by atoms with Gasteiger partial charge in [0.2, 0.25) is 0 Å². The van der Waals surface area contributed by atoms with Crippen LogP contribution in [0.25, 0.3) is 0 Å². The lowest BCUT2D eigenvalue weighted by molar-refractivity contribution is -0.137. The lowest BCUT2D eigenvalue weighted by atomic mass is 9.93. The number of benzene rings is 2. The van der Waals surface area contributed by atoms with Gasteiger partial charge in [0.25, 0.3) is 0 Å². The molecule has 0 saturated carbocycles. The second-order valence-corrected chi connectivity index (χ2v) is 10.5. The fraction of sp³-hybridized carbons (Fsp3) is 0.273. The van der Waals surface area contributed by atoms with Crippen molar-refractivity contribution in [1.29, 1.82) is 0 Å². The molecular weight excluding hydrogens is 489 g/mol. The highest BCUT2D eigenvalue weighted by Gasteiger charge is 2.26. The van der Waals surface area contributed by atoms with E-state index in [1.165, 1.54) is 22.9 Å². The second-order valence-electron chi connectivity index (χ2n) is 7.66. The molecular formula is C22H21Cl2N3O5S. The van der Waals surface area contributed by atoms with Crippen molar-refractivity contribution >= 4 is 39.0 Å². The Morgan fingerprint density at radius 2 is 2.06 bits per heavy atom. The van der Waals surface area contributed by atoms with Gasteiger partial charge in [-0.3, -0.25) is 14.8 Å². The van der Waals surface area contributed by atoms with Crippen LogP contribution in [0.2, 0.25) is 10.0 Å². The predicted octanol–water partition coefficient (Wildman–Crippen LogP) is 4.47. The monoisotopic (exact) mass is 509 g/mol. The number of nitrogens with one attached hydrogen (secondary N) is 1. The molecule has 174 valence electrons. The molecule has 0 fully saturated rings. The Morgan fingerprint density at radius 3 is 2.79 bits per heavy atom. The first-order valence-corrected chi connectivity index (χ1v) is 12.6. The van der Waals surface area contributed by atoms with Crippen LogP contribution in [0.5, 0.6) is 11.5 Å². The number of carboxylic acid groups (broad SMARTS) is 1. The minimum Gasteiger partial charge on any atom is -0.480 e. The molecule has 1 atom stereocenters. The zero-order chi connectivity index (χ0) is 23.6. The first-order valence-electron chi connectivity index (χ1n) is 10.2. The van der Waals surface area contributed by atoms with Crippen molar-refractivity contribution < 1.29 is 23.1 Å². The molecule has 0 unspecified atom stereocenters. The topological polar surface area (TPSA) is 111 Å². The maximum atomic E-state index is 12.9. The molecule has 3 aromatic rings. The Balaban J connectivity index is 1.46. The highest BCUT2D eigenvalue weighted by atomic mass is 35.5. The van der Waals surface area contributed by atoms with Gasteiger partial charge in [0, 0.05) is 22.3 Å². The molecule has 0 bridgehead atoms. The molecule has 0 spiro atoms. The van der Waals surface area contributed by atoms with Crippen LogP contribution in [0.1, 0.15) is 30.1 Å². The Kier molecular flexibility index (Phi) is 6.94. The first kappa shape index (κ1) is 23.6. The number of rotatable bonds is 8. The van der Waals surface area contributed by atoms with Gasteiger partial charge >= 0.3 is 5.97 Å². The van der Waals surface area contributed by atoms with Crippen LogP contribution in [-0.2, 0) is 27.6 Å². The summed E-state index contributed by atoms with van der Waals surface area (Å²) in [7, 11) is -3.69. The normalized spacial score (nSPS) is 15.8. The quantitative estimate of drug-likeness (QED) is 0.460. The van der Waals surface area contributed by atoms with E-state index in [1.54, 1.807) is 30.5 Å². The molecule has 0 saturated heterocycles. The Labute approximate surface area is 201 Å². The van der Waals surface area contributed by atoms with Crippen molar-refractivity contribution in [3.8, 4) is 11.5 Å². The SMILES string of the molecule is O=C(O)Cn1ncc2c1CCC[C@H]2NCS(=O)(=O)c1ccc(Oc2cccc(Cl)c2)c(Cl)c1. The van der Waals surface area contributed by atoms with Gasteiger partial charge in [0.05, 0.1) is 16.1 Å². The van der Waals surface area contributed by atoms with Gasteiger partial charge in [-0.1, -0.05) is 29.3 Å². The summed E-state index contributed by atoms with van der Waals surface area (Å²) in [6.45, 7) is -0.220. The average molecular weight is 510 g/mol. The molecule has 0 aliphatic heterocycles. The molecule has 33 heavy (non-hydrogen) atoms. The van der Waals surface area contributed by atoms with Gasteiger partial charge in [-0.05, 0) is 55.7 Å². The number of carboxylic acids is 1. The van der Waals surface area contributed by atoms with Gasteiger partial charge in [-0.15, -0.1) is 0 Å². The van der Waals surface area contributed by atoms with Crippen LogP contribution in [-0.4, -0.2) is 35.2 Å². The second kappa shape index (κ2) is 9.72. The van der Waals surface area contributed by atoms with Gasteiger partial charge in [-0.25, -0.2) is 8.42 Å². The van der Waals surface area contributed by atoms with Crippen molar-refractivity contribution in [1.82, 2.24) is 15.1 Å². The van der Waals surface area contributed by atoms with Crippen LogP contribution in [0.3, 0.4) is 0 Å². The fourth-order valence-electron chi connectivity index (χ4n) is 3.80. The highest BCUT2D eigenvalue weighted by molar-refractivity contribution is 7.91. The van der Waals surface area contributed by atoms with Crippen molar-refractivity contribution in [3.63, 3.8) is 0 Å². The lowest BCUT2D eigenvalue weighted by Crippen LogP contribution is -2.30. The van der Waals surface area contributed by atoms with Crippen LogP contribution in [0.15, 0.2) is 53.6 Å². The molecule has 1 aliphatic rings. The summed E-state index contributed by atoms with van der Waals surface area (Å²) in [5.41, 5.74) is 1.66. The number of aliphatic carboxylic acids is 1. The third-order valence-electron chi connectivity index (χ3n) is 5.35. The number of aromatic nitrogens is 2. The number of ether oxygens (including phenoxy) is 1. The summed E-state index contributed by atoms with van der Waals surface area (Å²) >= 11 is 12.2. The van der Waals surface area contributed by atoms with Crippen molar-refractivity contribution in [2.45, 2.75) is 36.7 Å². The minimum absolute atomic E-state index is 0.0658. The van der Waals surface area contributed by atoms with Gasteiger partial charge in [0.1, 0.15) is 23.9 Å². The Hall–Kier alpha value is -2.59. The van der Waals surface area contributed by atoms with Crippen LogP contribution in [0, 0.1) is 0 Å². The van der Waals surface area contributed by atoms with E-state index < -0.39 is 15.8 Å². The summed E-state index contributed by atoms with van der Waals surface area (Å²) in [4.78, 5) is 11.1. The summed E-state index contributed by atoms with van der Waals surface area (Å²) < 4.78 is 33.0. The van der Waals surface area contributed by atoms with E-state index in [-0.39, 0.29) is 28.4 Å². The molecule has 0 amide bonds. The van der Waals surface area contributed by atoms with Crippen molar-refractivity contribution in [2.75, 3.05) is 5.88 Å². The standard InChI is InChI=1S/C22H21Cl2N3O5S/c23-14-3-1-4-15(9-14)32-21-8-7-16(10-18(21)24)33(30,31)13-25-19-5-2-6-20-17(19)11-26-27(20)12-22(28)29/h1,3-4,7-11,19,25H,2,5-6,12-13H2,(H,28,29)/t19-/m1/s1. The summed E-state index contributed by atoms with van der Waals surface area (Å²) in [6, 6.07) is 10.9. The fourth-order valence-corrected chi connectivity index (χ4v) is 5.43. The van der Waals surface area contributed by atoms with Gasteiger partial charge < -0.3 is 9.84 Å². The van der Waals surface area contributed by atoms with E-state index in [1.807, 2.05) is 0 Å². The number of hydrogen-bond donors (Lipinski definition) is 2. The summed E-state index contributed by atoms with van der Waals surface area (Å²) in [5, 5.41) is 17.0. The third kappa shape index (κ3) is 5.50. The van der Waals surface area contributed by atoms with E-state index in [0.717, 1.165) is 24.1 Å². The minimum atomic E-state index is -3.69. The van der Waals surface area contributed by atoms with E-state index in [4.69, 9.17) is 33.0 Å². The van der Waals surface area contributed by atoms with Crippen LogP contribution in [0.4, 0.5) is 0 Å². The third-order valence-corrected chi connectivity index (χ3v) is 7.40. The largest absolute Gasteiger partial charge is 0.480 e. The lowest BCUT2D eigenvalue weighted by Gasteiger charge is -2.24. The molecule has 1 aliphatic carbocycles. The molecule has 1 heterocycles. The van der Waals surface area contributed by atoms with E-state index in [2.05, 4.69) is 10.4 Å². The van der Waals surface area contributed by atoms with E-state index in [9.17, 15) is 13.2 Å². The van der Waals surface area contributed by atoms with E-state index in [0.29, 0.717) is 22.9 Å². The highest BCUT2D eigenvalue weighted by Crippen LogP contribution is 2.33. The average Bonchev–Trinajstić information content (AvgIpc) is 3.16. The number of halogens is 2. The van der Waals surface area contributed by atoms with E-state index >= 15 is 0 Å². The summed E-state index contributed by atoms with van der Waals surface area (Å²) in [5.74, 6) is -0.475. The molecule has 0 radical (unpaired) electrons. The van der Waals surface area contributed by atoms with Crippen LogP contribution < -0.4 is 10.1 Å². The zero-order valence-corrected chi connectivity index (χ0v) is 19.7. The Morgan fingerprint density at radius 1 is 1.24 bits per heavy atom. The maximum Gasteiger partial charge on any atom is 0.325 e. The Bertz CT molecular complexity index is 1290. The molecule has 8 nitrogen and oxygen atoms in total. The van der Waals surface area contributed by atoms with Gasteiger partial charge in [-0.2, -0.15) is 5.10 Å². The maximum absolute atomic E-state index is 12.9. The van der Waals surface area contributed by atoms with Crippen molar-refractivity contribution in [2.24, 2.45) is 0 Å². The number of nitrogens with zero attached hydrogens (tertiary/aromatic N) is 2. The molecule has 11 heteroatoms.